The number of nitrogens with two attached hydrogens (primary N) is 1. The van der Waals surface area contributed by atoms with E-state index in [-0.39, 0.29) is 17.6 Å². The van der Waals surface area contributed by atoms with Crippen LogP contribution in [0.4, 0.5) is 0 Å². The molecular weight excluding hydrogens is 471 g/mol. The van der Waals surface area contributed by atoms with Crippen LogP contribution in [0.15, 0.2) is 18.2 Å². The molecule has 6 atom stereocenters. The molecule has 2 N–H and O–H groups in total. The molecule has 186 valence electrons. The molecule has 0 heterocycles. The van der Waals surface area contributed by atoms with Crippen LogP contribution in [0.2, 0.25) is 39.3 Å². The van der Waals surface area contributed by atoms with Crippen molar-refractivity contribution in [3.8, 4) is 5.75 Å². The van der Waals surface area contributed by atoms with E-state index in [0.717, 1.165) is 32.1 Å². The third-order valence-corrected chi connectivity index (χ3v) is 10.2. The zero-order valence-corrected chi connectivity index (χ0v) is 24.0. The van der Waals surface area contributed by atoms with Gasteiger partial charge in [0, 0.05) is 0 Å². The van der Waals surface area contributed by atoms with Crippen LogP contribution >= 0.6 is 0 Å². The summed E-state index contributed by atoms with van der Waals surface area (Å²) in [4.78, 5) is 0. The Balaban J connectivity index is 1.63. The van der Waals surface area contributed by atoms with Crippen LogP contribution in [-0.4, -0.2) is 37.3 Å². The lowest BCUT2D eigenvalue weighted by Gasteiger charge is -2.51. The van der Waals surface area contributed by atoms with Crippen LogP contribution in [0.5, 0.6) is 5.75 Å². The first-order chi connectivity index (χ1) is 15.1. The Morgan fingerprint density at radius 1 is 1.03 bits per heavy atom. The Hall–Kier alpha value is -0.716. The SMILES string of the molecule is C[C@]12CC[C@@H]3c4ccc(OS(N)(=O)=O)cc4CC[C@H]3[C@@H]1C[C@@H](O[Si](C)(C)C)[C@@H]2O[Si](C)(C)C. The maximum Gasteiger partial charge on any atom is 0.380 e. The maximum absolute atomic E-state index is 11.4. The van der Waals surface area contributed by atoms with E-state index in [0.29, 0.717) is 23.5 Å². The fraction of sp³-hybridized carbons (Fsp3) is 0.750. The molecule has 0 radical (unpaired) electrons. The smallest absolute Gasteiger partial charge is 0.380 e. The number of benzene rings is 1. The molecule has 3 aliphatic carbocycles. The average Bonchev–Trinajstić information content (AvgIpc) is 2.89. The Labute approximate surface area is 202 Å². The minimum absolute atomic E-state index is 0.139. The van der Waals surface area contributed by atoms with Crippen molar-refractivity contribution in [1.82, 2.24) is 0 Å². The van der Waals surface area contributed by atoms with Gasteiger partial charge in [-0.05, 0) is 118 Å². The van der Waals surface area contributed by atoms with E-state index >= 15 is 0 Å². The maximum atomic E-state index is 11.4. The quantitative estimate of drug-likeness (QED) is 0.532. The molecule has 0 amide bonds. The molecule has 33 heavy (non-hydrogen) atoms. The summed E-state index contributed by atoms with van der Waals surface area (Å²) in [5, 5.41) is 5.07. The molecule has 6 nitrogen and oxygen atoms in total. The molecule has 1 aromatic rings. The van der Waals surface area contributed by atoms with Gasteiger partial charge in [-0.2, -0.15) is 13.6 Å². The summed E-state index contributed by atoms with van der Waals surface area (Å²) >= 11 is 0. The second-order valence-electron chi connectivity index (χ2n) is 12.6. The van der Waals surface area contributed by atoms with Gasteiger partial charge in [-0.1, -0.05) is 13.0 Å². The molecule has 4 rings (SSSR count). The Kier molecular flexibility index (Phi) is 6.50. The fourth-order valence-corrected chi connectivity index (χ4v) is 9.53. The lowest BCUT2D eigenvalue weighted by Crippen LogP contribution is -2.50. The van der Waals surface area contributed by atoms with Crippen LogP contribution in [0.25, 0.3) is 0 Å². The zero-order chi connectivity index (χ0) is 24.4. The lowest BCUT2D eigenvalue weighted by molar-refractivity contribution is -0.0363. The van der Waals surface area contributed by atoms with Gasteiger partial charge in [0.2, 0.25) is 0 Å². The topological polar surface area (TPSA) is 87.9 Å². The summed E-state index contributed by atoms with van der Waals surface area (Å²) in [6.07, 6.45) is 5.75. The molecule has 2 saturated carbocycles. The Morgan fingerprint density at radius 2 is 1.70 bits per heavy atom. The summed E-state index contributed by atoms with van der Waals surface area (Å²) in [6, 6.07) is 5.69. The van der Waals surface area contributed by atoms with Crippen LogP contribution in [0.3, 0.4) is 0 Å². The molecular formula is C24H41NO5SSi2. The third kappa shape index (κ3) is 5.43. The molecule has 0 aromatic heterocycles. The molecule has 3 aliphatic rings. The Morgan fingerprint density at radius 3 is 2.30 bits per heavy atom. The van der Waals surface area contributed by atoms with Crippen LogP contribution in [0, 0.1) is 17.3 Å². The van der Waals surface area contributed by atoms with E-state index in [2.05, 4.69) is 52.3 Å². The van der Waals surface area contributed by atoms with Crippen molar-refractivity contribution in [2.45, 2.75) is 96.4 Å². The number of rotatable bonds is 6. The van der Waals surface area contributed by atoms with Gasteiger partial charge in [-0.25, -0.2) is 0 Å². The van der Waals surface area contributed by atoms with Crippen molar-refractivity contribution in [1.29, 1.82) is 0 Å². The van der Waals surface area contributed by atoms with E-state index in [9.17, 15) is 8.42 Å². The van der Waals surface area contributed by atoms with Gasteiger partial charge in [0.1, 0.15) is 5.75 Å². The minimum atomic E-state index is -4.01. The number of aryl methyl sites for hydroxylation is 1. The van der Waals surface area contributed by atoms with E-state index in [1.54, 1.807) is 6.07 Å². The van der Waals surface area contributed by atoms with Crippen molar-refractivity contribution >= 4 is 26.9 Å². The first kappa shape index (κ1) is 25.4. The van der Waals surface area contributed by atoms with Crippen molar-refractivity contribution in [3.05, 3.63) is 29.3 Å². The summed E-state index contributed by atoms with van der Waals surface area (Å²) in [5.41, 5.74) is 2.69. The lowest BCUT2D eigenvalue weighted by atomic mass is 9.55. The monoisotopic (exact) mass is 511 g/mol. The highest BCUT2D eigenvalue weighted by Crippen LogP contribution is 2.62. The molecule has 0 saturated heterocycles. The summed E-state index contributed by atoms with van der Waals surface area (Å²) in [5.74, 6) is 1.98. The molecule has 0 bridgehead atoms. The second kappa shape index (κ2) is 8.45. The molecule has 0 aliphatic heterocycles. The van der Waals surface area contributed by atoms with Gasteiger partial charge in [-0.15, -0.1) is 0 Å². The highest BCUT2D eigenvalue weighted by atomic mass is 32.2. The molecule has 0 spiro atoms. The predicted octanol–water partition coefficient (Wildman–Crippen LogP) is 5.18. The second-order valence-corrected chi connectivity index (χ2v) is 22.6. The number of fused-ring (bicyclic) bond motifs is 5. The normalized spacial score (nSPS) is 34.4. The van der Waals surface area contributed by atoms with E-state index in [1.807, 2.05) is 6.07 Å². The number of hydrogen-bond donors (Lipinski definition) is 1. The van der Waals surface area contributed by atoms with Gasteiger partial charge in [0.15, 0.2) is 16.6 Å². The van der Waals surface area contributed by atoms with Gasteiger partial charge < -0.3 is 13.0 Å². The van der Waals surface area contributed by atoms with Crippen LogP contribution in [0.1, 0.15) is 49.7 Å². The van der Waals surface area contributed by atoms with Crippen molar-refractivity contribution in [2.24, 2.45) is 22.4 Å². The first-order valence-corrected chi connectivity index (χ1v) is 20.6. The van der Waals surface area contributed by atoms with Gasteiger partial charge in [0.05, 0.1) is 12.2 Å². The van der Waals surface area contributed by atoms with E-state index < -0.39 is 26.9 Å². The summed E-state index contributed by atoms with van der Waals surface area (Å²) in [6.45, 7) is 16.2. The summed E-state index contributed by atoms with van der Waals surface area (Å²) in [7, 11) is -7.44. The van der Waals surface area contributed by atoms with Crippen LogP contribution in [-0.2, 0) is 25.6 Å². The third-order valence-electron chi connectivity index (χ3n) is 7.81. The highest BCUT2D eigenvalue weighted by molar-refractivity contribution is 7.84. The molecule has 1 aromatic carbocycles. The molecule has 2 fully saturated rings. The van der Waals surface area contributed by atoms with Crippen LogP contribution < -0.4 is 9.32 Å². The van der Waals surface area contributed by atoms with Gasteiger partial charge >= 0.3 is 10.3 Å². The predicted molar refractivity (Wildman–Crippen MR) is 137 cm³/mol. The zero-order valence-electron chi connectivity index (χ0n) is 21.2. The van der Waals surface area contributed by atoms with Gasteiger partial charge in [-0.3, -0.25) is 0 Å². The van der Waals surface area contributed by atoms with E-state index in [4.69, 9.17) is 18.2 Å². The van der Waals surface area contributed by atoms with Crippen molar-refractivity contribution in [2.75, 3.05) is 0 Å². The van der Waals surface area contributed by atoms with E-state index in [1.165, 1.54) is 11.1 Å². The minimum Gasteiger partial charge on any atom is -0.412 e. The number of hydrogen-bond acceptors (Lipinski definition) is 5. The average molecular weight is 512 g/mol. The molecule has 9 heteroatoms. The first-order valence-electron chi connectivity index (χ1n) is 12.3. The summed E-state index contributed by atoms with van der Waals surface area (Å²) < 4.78 is 41.3. The molecule has 0 unspecified atom stereocenters. The van der Waals surface area contributed by atoms with Crippen molar-refractivity contribution < 1.29 is 21.5 Å². The standard InChI is InChI=1S/C24H41NO5SSi2/c1-24-13-12-19-18-11-9-17(28-31(25,26)27)14-16(18)8-10-20(19)21(24)15-22(29-32(2,3)4)23(24)30-33(5,6)7/h9,11,14,19-23H,8,10,12-13,15H2,1-7H3,(H2,25,26,27)/t19-,20-,21+,22-,23+,24+/m1/s1. The fourth-order valence-electron chi connectivity index (χ4n) is 6.84. The highest BCUT2D eigenvalue weighted by Gasteiger charge is 2.60. The largest absolute Gasteiger partial charge is 0.412 e. The van der Waals surface area contributed by atoms with Gasteiger partial charge in [0.25, 0.3) is 0 Å². The van der Waals surface area contributed by atoms with Crippen molar-refractivity contribution in [3.63, 3.8) is 0 Å². The Bertz CT molecular complexity index is 1000.